The van der Waals surface area contributed by atoms with E-state index in [0.29, 0.717) is 6.42 Å². The highest BCUT2D eigenvalue weighted by molar-refractivity contribution is 5.76. The molecule has 0 saturated carbocycles. The lowest BCUT2D eigenvalue weighted by Crippen LogP contribution is -2.66. The lowest BCUT2D eigenvalue weighted by Gasteiger charge is -2.48. The molecule has 0 aliphatic carbocycles. The molecule has 17 unspecified atom stereocenters. The monoisotopic (exact) mass is 1330 g/mol. The molecule has 3 saturated heterocycles. The zero-order valence-corrected chi connectivity index (χ0v) is 57.4. The number of aliphatic hydroxyl groups excluding tert-OH is 11. The molecule has 3 rings (SSSR count). The van der Waals surface area contributed by atoms with Gasteiger partial charge in [0, 0.05) is 6.42 Å². The van der Waals surface area contributed by atoms with Gasteiger partial charge in [-0.3, -0.25) is 4.79 Å². The molecular weight excluding hydrogens is 1200 g/mol. The normalized spacial score (nSPS) is 27.9. The summed E-state index contributed by atoms with van der Waals surface area (Å²) in [4.78, 5) is 13.4. The Morgan fingerprint density at radius 3 is 1.15 bits per heavy atom. The SMILES string of the molecule is CC/C=C\C/C=C\C/C=C\C/C=C\C/C=C\C/C=C\C/C=C\CCCCCCCCCCCCCC(=O)NC(COC1OC(CO)C(OC2OC(CO)C(OC3OC(CO)C(O)C(O)C3O)C(O)C2O)C(O)C1O)C(O)/C=C/CCCCCCCCCCCCCCCC. The lowest BCUT2D eigenvalue weighted by molar-refractivity contribution is -0.379. The fourth-order valence-corrected chi connectivity index (χ4v) is 11.8. The van der Waals surface area contributed by atoms with Gasteiger partial charge in [0.05, 0.1) is 38.6 Å². The molecule has 12 N–H and O–H groups in total. The number of rotatable bonds is 55. The molecule has 0 radical (unpaired) electrons. The van der Waals surface area contributed by atoms with Gasteiger partial charge < -0.3 is 89.9 Å². The molecule has 94 heavy (non-hydrogen) atoms. The van der Waals surface area contributed by atoms with Crippen LogP contribution in [0.3, 0.4) is 0 Å². The zero-order valence-electron chi connectivity index (χ0n) is 57.4. The number of hydrogen-bond acceptors (Lipinski definition) is 18. The smallest absolute Gasteiger partial charge is 0.220 e. The summed E-state index contributed by atoms with van der Waals surface area (Å²) in [6, 6.07) is -0.981. The number of nitrogens with one attached hydrogen (secondary N) is 1. The predicted octanol–water partition coefficient (Wildman–Crippen LogP) is 10.4. The Morgan fingerprint density at radius 2 is 0.734 bits per heavy atom. The molecule has 0 aromatic rings. The molecule has 19 heteroatoms. The van der Waals surface area contributed by atoms with Crippen LogP contribution in [0, 0.1) is 0 Å². The van der Waals surface area contributed by atoms with Crippen molar-refractivity contribution in [3.8, 4) is 0 Å². The fraction of sp³-hybridized carbons (Fsp3) is 0.773. The molecule has 3 fully saturated rings. The summed E-state index contributed by atoms with van der Waals surface area (Å²) < 4.78 is 34.4. The van der Waals surface area contributed by atoms with Crippen LogP contribution < -0.4 is 5.32 Å². The summed E-state index contributed by atoms with van der Waals surface area (Å²) in [6.07, 6.45) is 46.6. The summed E-state index contributed by atoms with van der Waals surface area (Å²) in [6.45, 7) is 1.61. The van der Waals surface area contributed by atoms with E-state index in [2.05, 4.69) is 104 Å². The molecule has 3 aliphatic heterocycles. The van der Waals surface area contributed by atoms with Crippen LogP contribution in [0.5, 0.6) is 0 Å². The van der Waals surface area contributed by atoms with Crippen LogP contribution in [0.4, 0.5) is 0 Å². The van der Waals surface area contributed by atoms with E-state index >= 15 is 0 Å². The van der Waals surface area contributed by atoms with Crippen molar-refractivity contribution in [1.29, 1.82) is 0 Å². The number of hydrogen-bond donors (Lipinski definition) is 12. The first kappa shape index (κ1) is 84.9. The number of amides is 1. The van der Waals surface area contributed by atoms with Crippen molar-refractivity contribution >= 4 is 5.91 Å². The zero-order chi connectivity index (χ0) is 68.2. The van der Waals surface area contributed by atoms with E-state index in [-0.39, 0.29) is 18.9 Å². The number of carbonyl (C=O) groups excluding carboxylic acids is 1. The van der Waals surface area contributed by atoms with Crippen LogP contribution in [0.1, 0.15) is 239 Å². The largest absolute Gasteiger partial charge is 0.394 e. The Balaban J connectivity index is 1.38. The van der Waals surface area contributed by atoms with Crippen LogP contribution in [-0.2, 0) is 33.2 Å². The Labute approximate surface area is 564 Å². The molecule has 542 valence electrons. The molecule has 0 aromatic heterocycles. The van der Waals surface area contributed by atoms with Gasteiger partial charge in [0.25, 0.3) is 0 Å². The molecule has 0 bridgehead atoms. The minimum absolute atomic E-state index is 0.234. The van der Waals surface area contributed by atoms with Crippen molar-refractivity contribution in [1.82, 2.24) is 5.32 Å². The van der Waals surface area contributed by atoms with Gasteiger partial charge in [-0.1, -0.05) is 252 Å². The van der Waals surface area contributed by atoms with Crippen LogP contribution >= 0.6 is 0 Å². The second-order valence-electron chi connectivity index (χ2n) is 25.7. The summed E-state index contributed by atoms with van der Waals surface area (Å²) in [7, 11) is 0. The first-order chi connectivity index (χ1) is 45.8. The van der Waals surface area contributed by atoms with Crippen LogP contribution in [0.25, 0.3) is 0 Å². The highest BCUT2D eigenvalue weighted by Crippen LogP contribution is 2.33. The van der Waals surface area contributed by atoms with Crippen molar-refractivity contribution in [3.05, 3.63) is 97.2 Å². The summed E-state index contributed by atoms with van der Waals surface area (Å²) >= 11 is 0. The molecule has 3 aliphatic rings. The van der Waals surface area contributed by atoms with E-state index in [9.17, 15) is 61.0 Å². The average molecular weight is 1330 g/mol. The minimum atomic E-state index is -1.98. The minimum Gasteiger partial charge on any atom is -0.394 e. The Kier molecular flexibility index (Phi) is 50.2. The van der Waals surface area contributed by atoms with E-state index in [4.69, 9.17) is 28.4 Å². The number of allylic oxidation sites excluding steroid dienone is 15. The standard InChI is InChI=1S/C75H129NO18/c1-3-5-7-9-11-13-15-17-19-21-22-23-24-25-26-27-28-29-30-31-32-33-34-35-36-37-39-41-43-45-47-49-51-53-63(81)76-58(59(80)52-50-48-46-44-42-40-38-20-18-16-14-12-10-8-6-4-2)57-89-73-69(87)66(84)71(61(55-78)91-73)94-75-70(88)67(85)72(62(56-79)92-75)93-74-68(86)65(83)64(82)60(54-77)90-74/h5,7,11,13,17,19,22-23,25-26,28-29,31-32,50,52,58-62,64-75,77-80,82-88H,3-4,6,8-10,12,14-16,18,20-21,24,27,30,33-49,51,53-57H2,1-2H3,(H,76,81)/b7-5-,13-11-,19-17-,23-22-,26-25-,29-28-,32-31-,52-50+. The van der Waals surface area contributed by atoms with Gasteiger partial charge in [-0.2, -0.15) is 0 Å². The van der Waals surface area contributed by atoms with E-state index in [1.165, 1.54) is 109 Å². The van der Waals surface area contributed by atoms with E-state index in [1.54, 1.807) is 6.08 Å². The van der Waals surface area contributed by atoms with Gasteiger partial charge in [-0.05, 0) is 77.0 Å². The third-order valence-corrected chi connectivity index (χ3v) is 17.6. The lowest BCUT2D eigenvalue weighted by atomic mass is 9.96. The predicted molar refractivity (Wildman–Crippen MR) is 369 cm³/mol. The number of ether oxygens (including phenoxy) is 6. The molecule has 0 spiro atoms. The van der Waals surface area contributed by atoms with Crippen molar-refractivity contribution in [2.45, 2.75) is 343 Å². The first-order valence-corrected chi connectivity index (χ1v) is 36.5. The number of unbranched alkanes of at least 4 members (excludes halogenated alkanes) is 25. The van der Waals surface area contributed by atoms with Gasteiger partial charge in [0.2, 0.25) is 5.91 Å². The second-order valence-corrected chi connectivity index (χ2v) is 25.7. The molecule has 1 amide bonds. The Bertz CT molecular complexity index is 2080. The van der Waals surface area contributed by atoms with Crippen molar-refractivity contribution in [3.63, 3.8) is 0 Å². The highest BCUT2D eigenvalue weighted by atomic mass is 16.8. The molecule has 17 atom stereocenters. The van der Waals surface area contributed by atoms with Crippen LogP contribution in [-0.4, -0.2) is 193 Å². The number of aliphatic hydroxyl groups is 11. The fourth-order valence-electron chi connectivity index (χ4n) is 11.8. The molecule has 0 aromatic carbocycles. The quantitative estimate of drug-likeness (QED) is 0.0199. The summed E-state index contributed by atoms with van der Waals surface area (Å²) in [5.41, 5.74) is 0. The van der Waals surface area contributed by atoms with Crippen molar-refractivity contribution in [2.75, 3.05) is 26.4 Å². The van der Waals surface area contributed by atoms with Gasteiger partial charge >= 0.3 is 0 Å². The van der Waals surface area contributed by atoms with Crippen molar-refractivity contribution < 1.29 is 89.4 Å². The van der Waals surface area contributed by atoms with E-state index in [0.717, 1.165) is 103 Å². The third-order valence-electron chi connectivity index (χ3n) is 17.6. The molecule has 19 nitrogen and oxygen atoms in total. The van der Waals surface area contributed by atoms with Gasteiger partial charge in [0.1, 0.15) is 73.2 Å². The molecule has 3 heterocycles. The van der Waals surface area contributed by atoms with Gasteiger partial charge in [-0.25, -0.2) is 0 Å². The van der Waals surface area contributed by atoms with E-state index in [1.807, 2.05) is 6.08 Å². The van der Waals surface area contributed by atoms with Gasteiger partial charge in [0.15, 0.2) is 18.9 Å². The molecular formula is C75H129NO18. The average Bonchev–Trinajstić information content (AvgIpc) is 0.787. The highest BCUT2D eigenvalue weighted by Gasteiger charge is 2.53. The van der Waals surface area contributed by atoms with Crippen molar-refractivity contribution in [2.24, 2.45) is 0 Å². The maximum atomic E-state index is 13.4. The van der Waals surface area contributed by atoms with E-state index < -0.39 is 124 Å². The Morgan fingerprint density at radius 1 is 0.394 bits per heavy atom. The second kappa shape index (κ2) is 55.6. The topological polar surface area (TPSA) is 307 Å². The third kappa shape index (κ3) is 36.5. The first-order valence-electron chi connectivity index (χ1n) is 36.5. The summed E-state index contributed by atoms with van der Waals surface area (Å²) in [5.74, 6) is -0.282. The maximum absolute atomic E-state index is 13.4. The summed E-state index contributed by atoms with van der Waals surface area (Å²) in [5, 5.41) is 121. The maximum Gasteiger partial charge on any atom is 0.220 e. The Hall–Kier alpha value is -3.29. The van der Waals surface area contributed by atoms with Crippen LogP contribution in [0.2, 0.25) is 0 Å². The number of carbonyl (C=O) groups is 1. The van der Waals surface area contributed by atoms with Crippen LogP contribution in [0.15, 0.2) is 97.2 Å². The van der Waals surface area contributed by atoms with Gasteiger partial charge in [-0.15, -0.1) is 0 Å².